The van der Waals surface area contributed by atoms with Gasteiger partial charge in [0.1, 0.15) is 5.75 Å². The molecule has 0 aliphatic carbocycles. The number of unbranched alkanes of at least 4 members (excludes halogenated alkanes) is 4. The lowest BCUT2D eigenvalue weighted by Gasteiger charge is -2.17. The lowest BCUT2D eigenvalue weighted by atomic mass is 9.92. The molecule has 0 aliphatic heterocycles. The maximum Gasteiger partial charge on any atom is 0.122 e. The SMILES string of the molecule is Cc1ccccc1-c1c(C)ccc(OCCCCCCCCl)c1C. The Labute approximate surface area is 152 Å². The topological polar surface area (TPSA) is 9.23 Å². The molecule has 2 aromatic carbocycles. The highest BCUT2D eigenvalue weighted by Crippen LogP contribution is 2.34. The van der Waals surface area contributed by atoms with Crippen LogP contribution < -0.4 is 4.74 Å². The van der Waals surface area contributed by atoms with Gasteiger partial charge in [0.15, 0.2) is 0 Å². The van der Waals surface area contributed by atoms with Crippen LogP contribution in [0.1, 0.15) is 48.8 Å². The second-order valence-electron chi connectivity index (χ2n) is 6.50. The first kappa shape index (κ1) is 18.9. The number of hydrogen-bond acceptors (Lipinski definition) is 1. The molecule has 0 fully saturated rings. The molecule has 24 heavy (non-hydrogen) atoms. The van der Waals surface area contributed by atoms with Crippen molar-refractivity contribution in [1.82, 2.24) is 0 Å². The van der Waals surface area contributed by atoms with E-state index in [9.17, 15) is 0 Å². The smallest absolute Gasteiger partial charge is 0.122 e. The number of rotatable bonds is 9. The molecule has 0 saturated carbocycles. The van der Waals surface area contributed by atoms with Crippen LogP contribution in [-0.2, 0) is 0 Å². The van der Waals surface area contributed by atoms with E-state index in [1.165, 1.54) is 47.1 Å². The number of alkyl halides is 1. The maximum atomic E-state index is 6.07. The molecule has 2 heteroatoms. The zero-order valence-corrected chi connectivity index (χ0v) is 16.0. The summed E-state index contributed by atoms with van der Waals surface area (Å²) in [7, 11) is 0. The predicted molar refractivity (Wildman–Crippen MR) is 105 cm³/mol. The van der Waals surface area contributed by atoms with Crippen LogP contribution in [-0.4, -0.2) is 12.5 Å². The summed E-state index contributed by atoms with van der Waals surface area (Å²) < 4.78 is 6.07. The van der Waals surface area contributed by atoms with Crippen LogP contribution in [0.25, 0.3) is 11.1 Å². The predicted octanol–water partition coefficient (Wildman–Crippen LogP) is 6.85. The summed E-state index contributed by atoms with van der Waals surface area (Å²) in [5, 5.41) is 0. The summed E-state index contributed by atoms with van der Waals surface area (Å²) >= 11 is 5.70. The van der Waals surface area contributed by atoms with Crippen molar-refractivity contribution < 1.29 is 4.74 Å². The van der Waals surface area contributed by atoms with Crippen molar-refractivity contribution in [1.29, 1.82) is 0 Å². The summed E-state index contributed by atoms with van der Waals surface area (Å²) in [6.45, 7) is 7.31. The van der Waals surface area contributed by atoms with Crippen molar-refractivity contribution >= 4 is 11.6 Å². The van der Waals surface area contributed by atoms with E-state index in [4.69, 9.17) is 16.3 Å². The summed E-state index contributed by atoms with van der Waals surface area (Å²) in [6, 6.07) is 12.8. The van der Waals surface area contributed by atoms with Crippen molar-refractivity contribution in [3.05, 3.63) is 53.1 Å². The van der Waals surface area contributed by atoms with Gasteiger partial charge in [-0.3, -0.25) is 0 Å². The molecule has 130 valence electrons. The highest BCUT2D eigenvalue weighted by atomic mass is 35.5. The van der Waals surface area contributed by atoms with Crippen LogP contribution in [0.4, 0.5) is 0 Å². The second-order valence-corrected chi connectivity index (χ2v) is 6.88. The van der Waals surface area contributed by atoms with Gasteiger partial charge in [-0.05, 0) is 67.5 Å². The fourth-order valence-electron chi connectivity index (χ4n) is 3.16. The molecule has 0 N–H and O–H groups in total. The molecule has 0 spiro atoms. The Balaban J connectivity index is 2.03. The monoisotopic (exact) mass is 344 g/mol. The minimum Gasteiger partial charge on any atom is -0.493 e. The second kappa shape index (κ2) is 9.74. The van der Waals surface area contributed by atoms with E-state index < -0.39 is 0 Å². The minimum atomic E-state index is 0.779. The molecule has 0 atom stereocenters. The van der Waals surface area contributed by atoms with E-state index in [1.807, 2.05) is 0 Å². The van der Waals surface area contributed by atoms with Crippen LogP contribution in [0, 0.1) is 20.8 Å². The average Bonchev–Trinajstić information content (AvgIpc) is 2.57. The average molecular weight is 345 g/mol. The first-order valence-electron chi connectivity index (χ1n) is 9.00. The molecule has 0 heterocycles. The van der Waals surface area contributed by atoms with Gasteiger partial charge in [-0.25, -0.2) is 0 Å². The molecule has 0 bridgehead atoms. The van der Waals surface area contributed by atoms with Crippen LogP contribution in [0.5, 0.6) is 5.75 Å². The molecular formula is C22H29ClO. The lowest BCUT2D eigenvalue weighted by molar-refractivity contribution is 0.303. The quantitative estimate of drug-likeness (QED) is 0.357. The van der Waals surface area contributed by atoms with Gasteiger partial charge in [0.25, 0.3) is 0 Å². The molecule has 0 aliphatic rings. The molecule has 0 amide bonds. The molecule has 0 radical (unpaired) electrons. The van der Waals surface area contributed by atoms with Crippen molar-refractivity contribution in [3.63, 3.8) is 0 Å². The standard InChI is InChI=1S/C22H29ClO/c1-17-11-7-8-12-20(17)22-18(2)13-14-21(19(22)3)24-16-10-6-4-5-9-15-23/h7-8,11-14H,4-6,9-10,15-16H2,1-3H3. The molecule has 2 rings (SSSR count). The zero-order valence-electron chi connectivity index (χ0n) is 15.2. The van der Waals surface area contributed by atoms with Gasteiger partial charge in [-0.2, -0.15) is 0 Å². The van der Waals surface area contributed by atoms with Gasteiger partial charge in [0.05, 0.1) is 6.61 Å². The Morgan fingerprint density at radius 1 is 0.792 bits per heavy atom. The zero-order chi connectivity index (χ0) is 17.4. The van der Waals surface area contributed by atoms with Gasteiger partial charge >= 0.3 is 0 Å². The van der Waals surface area contributed by atoms with Crippen molar-refractivity contribution in [2.24, 2.45) is 0 Å². The van der Waals surface area contributed by atoms with Crippen molar-refractivity contribution in [3.8, 4) is 16.9 Å². The molecular weight excluding hydrogens is 316 g/mol. The largest absolute Gasteiger partial charge is 0.493 e. The van der Waals surface area contributed by atoms with Gasteiger partial charge < -0.3 is 4.74 Å². The summed E-state index contributed by atoms with van der Waals surface area (Å²) in [4.78, 5) is 0. The Kier molecular flexibility index (Phi) is 7.65. The summed E-state index contributed by atoms with van der Waals surface area (Å²) in [5.74, 6) is 1.79. The van der Waals surface area contributed by atoms with Crippen LogP contribution >= 0.6 is 11.6 Å². The number of ether oxygens (including phenoxy) is 1. The van der Waals surface area contributed by atoms with E-state index in [-0.39, 0.29) is 0 Å². The molecule has 0 saturated heterocycles. The lowest BCUT2D eigenvalue weighted by Crippen LogP contribution is -2.01. The Hall–Kier alpha value is -1.47. The molecule has 1 nitrogen and oxygen atoms in total. The van der Waals surface area contributed by atoms with E-state index >= 15 is 0 Å². The van der Waals surface area contributed by atoms with Crippen LogP contribution in [0.3, 0.4) is 0 Å². The van der Waals surface area contributed by atoms with Gasteiger partial charge in [0.2, 0.25) is 0 Å². The molecule has 0 aromatic heterocycles. The molecule has 0 unspecified atom stereocenters. The number of hydrogen-bond donors (Lipinski definition) is 0. The van der Waals surface area contributed by atoms with Gasteiger partial charge in [0, 0.05) is 5.88 Å². The Bertz CT molecular complexity index is 648. The van der Waals surface area contributed by atoms with Crippen LogP contribution in [0.15, 0.2) is 36.4 Å². The third-order valence-corrected chi connectivity index (χ3v) is 4.84. The third kappa shape index (κ3) is 5.01. The van der Waals surface area contributed by atoms with Gasteiger partial charge in [-0.15, -0.1) is 11.6 Å². The van der Waals surface area contributed by atoms with Gasteiger partial charge in [-0.1, -0.05) is 49.6 Å². The number of benzene rings is 2. The number of halogens is 1. The van der Waals surface area contributed by atoms with E-state index in [0.717, 1.165) is 31.1 Å². The minimum absolute atomic E-state index is 0.779. The highest BCUT2D eigenvalue weighted by Gasteiger charge is 2.12. The first-order chi connectivity index (χ1) is 11.6. The Morgan fingerprint density at radius 2 is 1.50 bits per heavy atom. The fourth-order valence-corrected chi connectivity index (χ4v) is 3.35. The van der Waals surface area contributed by atoms with Crippen LogP contribution in [0.2, 0.25) is 0 Å². The van der Waals surface area contributed by atoms with E-state index in [2.05, 4.69) is 57.2 Å². The Morgan fingerprint density at radius 3 is 2.25 bits per heavy atom. The van der Waals surface area contributed by atoms with E-state index in [0.29, 0.717) is 0 Å². The number of aryl methyl sites for hydroxylation is 2. The first-order valence-corrected chi connectivity index (χ1v) is 9.53. The highest BCUT2D eigenvalue weighted by molar-refractivity contribution is 6.17. The fraction of sp³-hybridized carbons (Fsp3) is 0.455. The maximum absolute atomic E-state index is 6.07. The summed E-state index contributed by atoms with van der Waals surface area (Å²) in [5.41, 5.74) is 6.47. The molecule has 2 aromatic rings. The van der Waals surface area contributed by atoms with Crippen molar-refractivity contribution in [2.45, 2.75) is 52.9 Å². The van der Waals surface area contributed by atoms with Crippen molar-refractivity contribution in [2.75, 3.05) is 12.5 Å². The third-order valence-electron chi connectivity index (χ3n) is 4.57. The van der Waals surface area contributed by atoms with E-state index in [1.54, 1.807) is 0 Å². The normalized spacial score (nSPS) is 10.8. The summed E-state index contributed by atoms with van der Waals surface area (Å²) in [6.07, 6.45) is 5.92.